The Hall–Kier alpha value is -1.36. The van der Waals surface area contributed by atoms with Crippen molar-refractivity contribution in [2.45, 2.75) is 39.2 Å². The minimum Gasteiger partial charge on any atom is -0.383 e. The van der Waals surface area contributed by atoms with E-state index in [-0.39, 0.29) is 0 Å². The first kappa shape index (κ1) is 12.7. The van der Waals surface area contributed by atoms with E-state index in [1.165, 1.54) is 32.4 Å². The average Bonchev–Trinajstić information content (AvgIpc) is 2.71. The molecule has 0 bridgehead atoms. The first-order valence-electron chi connectivity index (χ1n) is 7.25. The van der Waals surface area contributed by atoms with Crippen LogP contribution in [0.2, 0.25) is 0 Å². The molecule has 0 saturated carbocycles. The maximum Gasteiger partial charge on any atom is 0.137 e. The summed E-state index contributed by atoms with van der Waals surface area (Å²) in [5.41, 5.74) is 7.01. The van der Waals surface area contributed by atoms with Crippen LogP contribution in [-0.2, 0) is 0 Å². The van der Waals surface area contributed by atoms with Crippen molar-refractivity contribution in [2.24, 2.45) is 0 Å². The predicted octanol–water partition coefficient (Wildman–Crippen LogP) is 1.35. The minimum atomic E-state index is 0.620. The maximum atomic E-state index is 5.99. The van der Waals surface area contributed by atoms with Gasteiger partial charge in [0.25, 0.3) is 0 Å². The topological polar surface area (TPSA) is 58.3 Å². The number of nitrogens with zero attached hydrogens (tertiary/aromatic N) is 4. The lowest BCUT2D eigenvalue weighted by molar-refractivity contribution is 0.273. The fourth-order valence-corrected chi connectivity index (χ4v) is 3.34. The molecule has 2 fully saturated rings. The normalized spacial score (nSPS) is 24.3. The van der Waals surface area contributed by atoms with Crippen molar-refractivity contribution >= 4 is 11.6 Å². The molecule has 0 aromatic carbocycles. The van der Waals surface area contributed by atoms with Gasteiger partial charge in [0.2, 0.25) is 0 Å². The van der Waals surface area contributed by atoms with E-state index in [2.05, 4.69) is 19.8 Å². The van der Waals surface area contributed by atoms with E-state index in [4.69, 9.17) is 5.73 Å². The van der Waals surface area contributed by atoms with Crippen LogP contribution in [0.1, 0.15) is 30.7 Å². The molecule has 3 rings (SSSR count). The number of hydrogen-bond acceptors (Lipinski definition) is 5. The molecule has 104 valence electrons. The van der Waals surface area contributed by atoms with Crippen LogP contribution in [0.4, 0.5) is 11.6 Å². The van der Waals surface area contributed by atoms with Crippen molar-refractivity contribution in [3.8, 4) is 0 Å². The van der Waals surface area contributed by atoms with E-state index < -0.39 is 0 Å². The standard InChI is InChI=1S/C14H23N5/c1-10-13(15)16-11(2)17-14(10)19-8-4-7-18-6-3-5-12(18)9-19/h12H,3-9H2,1-2H3,(H2,15,16,17). The fourth-order valence-electron chi connectivity index (χ4n) is 3.34. The van der Waals surface area contributed by atoms with E-state index in [1.807, 2.05) is 13.8 Å². The van der Waals surface area contributed by atoms with Crippen molar-refractivity contribution < 1.29 is 0 Å². The third-order valence-corrected chi connectivity index (χ3v) is 4.37. The molecule has 0 spiro atoms. The second-order valence-electron chi connectivity index (χ2n) is 5.74. The summed E-state index contributed by atoms with van der Waals surface area (Å²) in [6.07, 6.45) is 3.86. The summed E-state index contributed by atoms with van der Waals surface area (Å²) in [4.78, 5) is 13.9. The molecule has 2 aliphatic rings. The molecule has 5 nitrogen and oxygen atoms in total. The summed E-state index contributed by atoms with van der Waals surface area (Å²) in [6.45, 7) is 8.59. The highest BCUT2D eigenvalue weighted by Gasteiger charge is 2.29. The van der Waals surface area contributed by atoms with Gasteiger partial charge in [-0.1, -0.05) is 0 Å². The highest BCUT2D eigenvalue weighted by molar-refractivity contribution is 5.56. The molecular weight excluding hydrogens is 238 g/mol. The quantitative estimate of drug-likeness (QED) is 0.827. The lowest BCUT2D eigenvalue weighted by Crippen LogP contribution is -2.37. The highest BCUT2D eigenvalue weighted by Crippen LogP contribution is 2.27. The monoisotopic (exact) mass is 261 g/mol. The van der Waals surface area contributed by atoms with Crippen LogP contribution in [0.5, 0.6) is 0 Å². The van der Waals surface area contributed by atoms with Gasteiger partial charge in [0.05, 0.1) is 0 Å². The van der Waals surface area contributed by atoms with Crippen molar-refractivity contribution in [3.05, 3.63) is 11.4 Å². The average molecular weight is 261 g/mol. The van der Waals surface area contributed by atoms with E-state index >= 15 is 0 Å². The largest absolute Gasteiger partial charge is 0.383 e. The van der Waals surface area contributed by atoms with Crippen LogP contribution in [0.25, 0.3) is 0 Å². The van der Waals surface area contributed by atoms with Gasteiger partial charge in [0.15, 0.2) is 0 Å². The lowest BCUT2D eigenvalue weighted by Gasteiger charge is -2.27. The molecule has 1 atom stereocenters. The van der Waals surface area contributed by atoms with E-state index in [9.17, 15) is 0 Å². The molecule has 0 amide bonds. The molecule has 2 aliphatic heterocycles. The Morgan fingerprint density at radius 2 is 1.89 bits per heavy atom. The van der Waals surface area contributed by atoms with Gasteiger partial charge in [-0.15, -0.1) is 0 Å². The minimum absolute atomic E-state index is 0.620. The van der Waals surface area contributed by atoms with Gasteiger partial charge in [-0.25, -0.2) is 9.97 Å². The Kier molecular flexibility index (Phi) is 3.31. The zero-order chi connectivity index (χ0) is 13.4. The number of anilines is 2. The fraction of sp³-hybridized carbons (Fsp3) is 0.714. The van der Waals surface area contributed by atoms with E-state index in [0.29, 0.717) is 11.9 Å². The second kappa shape index (κ2) is 4.96. The first-order valence-corrected chi connectivity index (χ1v) is 7.25. The molecule has 3 heterocycles. The zero-order valence-electron chi connectivity index (χ0n) is 11.9. The van der Waals surface area contributed by atoms with Gasteiger partial charge < -0.3 is 10.6 Å². The molecule has 1 aromatic rings. The summed E-state index contributed by atoms with van der Waals surface area (Å²) < 4.78 is 0. The Morgan fingerprint density at radius 3 is 2.74 bits per heavy atom. The Balaban J connectivity index is 1.88. The molecule has 0 radical (unpaired) electrons. The van der Waals surface area contributed by atoms with E-state index in [1.54, 1.807) is 0 Å². The summed E-state index contributed by atoms with van der Waals surface area (Å²) in [6, 6.07) is 0.693. The van der Waals surface area contributed by atoms with Crippen LogP contribution < -0.4 is 10.6 Å². The molecule has 5 heteroatoms. The number of aromatic nitrogens is 2. The number of nitrogen functional groups attached to an aromatic ring is 1. The number of fused-ring (bicyclic) bond motifs is 1. The number of rotatable bonds is 1. The third kappa shape index (κ3) is 2.39. The second-order valence-corrected chi connectivity index (χ2v) is 5.74. The predicted molar refractivity (Wildman–Crippen MR) is 77.3 cm³/mol. The molecule has 2 saturated heterocycles. The Bertz CT molecular complexity index is 473. The number of aryl methyl sites for hydroxylation is 1. The van der Waals surface area contributed by atoms with Crippen LogP contribution in [0.3, 0.4) is 0 Å². The molecule has 2 N–H and O–H groups in total. The van der Waals surface area contributed by atoms with Crippen LogP contribution in [0, 0.1) is 13.8 Å². The van der Waals surface area contributed by atoms with Crippen molar-refractivity contribution in [2.75, 3.05) is 36.8 Å². The SMILES string of the molecule is Cc1nc(N)c(C)c(N2CCCN3CCCC3C2)n1. The molecule has 1 aromatic heterocycles. The van der Waals surface area contributed by atoms with Gasteiger partial charge >= 0.3 is 0 Å². The summed E-state index contributed by atoms with van der Waals surface area (Å²) >= 11 is 0. The van der Waals surface area contributed by atoms with Crippen LogP contribution >= 0.6 is 0 Å². The van der Waals surface area contributed by atoms with Gasteiger partial charge in [-0.3, -0.25) is 4.90 Å². The third-order valence-electron chi connectivity index (χ3n) is 4.37. The summed E-state index contributed by atoms with van der Waals surface area (Å²) in [5, 5.41) is 0. The Labute approximate surface area is 114 Å². The lowest BCUT2D eigenvalue weighted by atomic mass is 10.2. The van der Waals surface area contributed by atoms with Crippen LogP contribution in [-0.4, -0.2) is 47.1 Å². The zero-order valence-corrected chi connectivity index (χ0v) is 11.9. The van der Waals surface area contributed by atoms with E-state index in [0.717, 1.165) is 30.3 Å². The van der Waals surface area contributed by atoms with Gasteiger partial charge in [0, 0.05) is 31.2 Å². The molecule has 1 unspecified atom stereocenters. The highest BCUT2D eigenvalue weighted by atomic mass is 15.3. The number of nitrogens with two attached hydrogens (primary N) is 1. The molecule has 19 heavy (non-hydrogen) atoms. The first-order chi connectivity index (χ1) is 9.15. The van der Waals surface area contributed by atoms with Crippen molar-refractivity contribution in [1.29, 1.82) is 0 Å². The Morgan fingerprint density at radius 1 is 1.11 bits per heavy atom. The maximum absolute atomic E-state index is 5.99. The van der Waals surface area contributed by atoms with Crippen molar-refractivity contribution in [1.82, 2.24) is 14.9 Å². The van der Waals surface area contributed by atoms with Gasteiger partial charge in [-0.05, 0) is 39.7 Å². The molecule has 0 aliphatic carbocycles. The molecular formula is C14H23N5. The smallest absolute Gasteiger partial charge is 0.137 e. The van der Waals surface area contributed by atoms with Gasteiger partial charge in [0.1, 0.15) is 17.5 Å². The number of hydrogen-bond donors (Lipinski definition) is 1. The van der Waals surface area contributed by atoms with Crippen LogP contribution in [0.15, 0.2) is 0 Å². The van der Waals surface area contributed by atoms with Crippen molar-refractivity contribution in [3.63, 3.8) is 0 Å². The van der Waals surface area contributed by atoms with Gasteiger partial charge in [-0.2, -0.15) is 0 Å². The summed E-state index contributed by atoms with van der Waals surface area (Å²) in [5.74, 6) is 2.43. The summed E-state index contributed by atoms with van der Waals surface area (Å²) in [7, 11) is 0.